The molecule has 5 heteroatoms. The molecule has 0 amide bonds. The third kappa shape index (κ3) is 2.44. The lowest BCUT2D eigenvalue weighted by Crippen LogP contribution is -2.26. The Labute approximate surface area is 92.1 Å². The Morgan fingerprint density at radius 1 is 1.38 bits per heavy atom. The Morgan fingerprint density at radius 2 is 2.06 bits per heavy atom. The molecule has 1 aromatic rings. The number of aldehydes is 2. The summed E-state index contributed by atoms with van der Waals surface area (Å²) < 4.78 is 0. The van der Waals surface area contributed by atoms with Gasteiger partial charge in [0.25, 0.3) is 0 Å². The molecule has 0 aromatic heterocycles. The molecule has 0 radical (unpaired) electrons. The van der Waals surface area contributed by atoms with E-state index < -0.39 is 12.0 Å². The van der Waals surface area contributed by atoms with E-state index in [1.807, 2.05) is 0 Å². The SMILES string of the molecule is C[C@H](Nc1cccc(C=O)c1C=O)C(=O)O. The highest BCUT2D eigenvalue weighted by Gasteiger charge is 2.13. The lowest BCUT2D eigenvalue weighted by Gasteiger charge is -2.13. The summed E-state index contributed by atoms with van der Waals surface area (Å²) in [7, 11) is 0. The zero-order valence-corrected chi connectivity index (χ0v) is 8.64. The van der Waals surface area contributed by atoms with E-state index in [2.05, 4.69) is 5.32 Å². The van der Waals surface area contributed by atoms with Crippen molar-refractivity contribution in [3.05, 3.63) is 29.3 Å². The fourth-order valence-electron chi connectivity index (χ4n) is 1.24. The zero-order chi connectivity index (χ0) is 12.1. The average Bonchev–Trinajstić information content (AvgIpc) is 2.28. The van der Waals surface area contributed by atoms with Crippen molar-refractivity contribution in [1.29, 1.82) is 0 Å². The normalized spacial score (nSPS) is 11.6. The molecule has 0 aliphatic rings. The maximum Gasteiger partial charge on any atom is 0.325 e. The predicted molar refractivity (Wildman–Crippen MR) is 57.9 cm³/mol. The average molecular weight is 221 g/mol. The summed E-state index contributed by atoms with van der Waals surface area (Å²) >= 11 is 0. The van der Waals surface area contributed by atoms with Crippen LogP contribution in [-0.2, 0) is 4.79 Å². The number of hydrogen-bond donors (Lipinski definition) is 2. The van der Waals surface area contributed by atoms with Crippen LogP contribution in [0.3, 0.4) is 0 Å². The molecule has 84 valence electrons. The number of hydrogen-bond acceptors (Lipinski definition) is 4. The van der Waals surface area contributed by atoms with Gasteiger partial charge in [-0.2, -0.15) is 0 Å². The van der Waals surface area contributed by atoms with E-state index >= 15 is 0 Å². The zero-order valence-electron chi connectivity index (χ0n) is 8.64. The smallest absolute Gasteiger partial charge is 0.325 e. The van der Waals surface area contributed by atoms with Gasteiger partial charge < -0.3 is 10.4 Å². The third-order valence-corrected chi connectivity index (χ3v) is 2.13. The number of carboxylic acids is 1. The van der Waals surface area contributed by atoms with Crippen molar-refractivity contribution in [2.45, 2.75) is 13.0 Å². The van der Waals surface area contributed by atoms with E-state index in [4.69, 9.17) is 5.11 Å². The van der Waals surface area contributed by atoms with Gasteiger partial charge in [-0.1, -0.05) is 12.1 Å². The highest BCUT2D eigenvalue weighted by Crippen LogP contribution is 2.17. The first kappa shape index (κ1) is 11.9. The molecular weight excluding hydrogens is 210 g/mol. The quantitative estimate of drug-likeness (QED) is 0.730. The van der Waals surface area contributed by atoms with Crippen molar-refractivity contribution in [3.63, 3.8) is 0 Å². The summed E-state index contributed by atoms with van der Waals surface area (Å²) in [4.78, 5) is 32.1. The van der Waals surface area contributed by atoms with Gasteiger partial charge in [-0.05, 0) is 13.0 Å². The molecule has 0 saturated carbocycles. The number of aliphatic carboxylic acids is 1. The third-order valence-electron chi connectivity index (χ3n) is 2.13. The Balaban J connectivity index is 3.08. The van der Waals surface area contributed by atoms with Gasteiger partial charge in [0.1, 0.15) is 6.04 Å². The molecule has 0 aliphatic heterocycles. The number of carboxylic acid groups (broad SMARTS) is 1. The molecule has 0 aliphatic carbocycles. The summed E-state index contributed by atoms with van der Waals surface area (Å²) in [6, 6.07) is 3.79. The molecule has 1 rings (SSSR count). The van der Waals surface area contributed by atoms with Gasteiger partial charge in [-0.25, -0.2) is 0 Å². The second-order valence-electron chi connectivity index (χ2n) is 3.25. The van der Waals surface area contributed by atoms with Crippen molar-refractivity contribution in [3.8, 4) is 0 Å². The van der Waals surface area contributed by atoms with Crippen LogP contribution in [0.1, 0.15) is 27.6 Å². The Bertz CT molecular complexity index is 428. The van der Waals surface area contributed by atoms with E-state index in [1.165, 1.54) is 13.0 Å². The Kier molecular flexibility index (Phi) is 3.77. The van der Waals surface area contributed by atoms with Crippen molar-refractivity contribution in [2.75, 3.05) is 5.32 Å². The fraction of sp³-hybridized carbons (Fsp3) is 0.182. The first-order valence-corrected chi connectivity index (χ1v) is 4.63. The van der Waals surface area contributed by atoms with Crippen molar-refractivity contribution >= 4 is 24.2 Å². The van der Waals surface area contributed by atoms with Crippen LogP contribution < -0.4 is 5.32 Å². The molecule has 1 atom stereocenters. The molecule has 0 fully saturated rings. The molecule has 2 N–H and O–H groups in total. The molecule has 1 aromatic carbocycles. The topological polar surface area (TPSA) is 83.5 Å². The van der Waals surface area contributed by atoms with Crippen molar-refractivity contribution in [2.24, 2.45) is 0 Å². The molecule has 0 saturated heterocycles. The summed E-state index contributed by atoms with van der Waals surface area (Å²) in [6.07, 6.45) is 1.08. The second-order valence-corrected chi connectivity index (χ2v) is 3.25. The monoisotopic (exact) mass is 221 g/mol. The number of benzene rings is 1. The number of carbonyl (C=O) groups excluding carboxylic acids is 2. The number of nitrogens with one attached hydrogen (secondary N) is 1. The van der Waals surface area contributed by atoms with Crippen LogP contribution in [0.25, 0.3) is 0 Å². The molecule has 0 spiro atoms. The molecule has 0 heterocycles. The molecule has 0 unspecified atom stereocenters. The van der Waals surface area contributed by atoms with E-state index in [-0.39, 0.29) is 11.1 Å². The highest BCUT2D eigenvalue weighted by atomic mass is 16.4. The van der Waals surface area contributed by atoms with Crippen LogP contribution in [0.2, 0.25) is 0 Å². The van der Waals surface area contributed by atoms with Crippen LogP contribution in [0, 0.1) is 0 Å². The van der Waals surface area contributed by atoms with E-state index in [0.29, 0.717) is 18.3 Å². The van der Waals surface area contributed by atoms with E-state index in [9.17, 15) is 14.4 Å². The van der Waals surface area contributed by atoms with Crippen LogP contribution >= 0.6 is 0 Å². The van der Waals surface area contributed by atoms with Gasteiger partial charge in [-0.3, -0.25) is 14.4 Å². The van der Waals surface area contributed by atoms with Gasteiger partial charge in [0.15, 0.2) is 12.6 Å². The van der Waals surface area contributed by atoms with Gasteiger partial charge in [0.2, 0.25) is 0 Å². The molecule has 5 nitrogen and oxygen atoms in total. The lowest BCUT2D eigenvalue weighted by molar-refractivity contribution is -0.137. The standard InChI is InChI=1S/C11H11NO4/c1-7(11(15)16)12-10-4-2-3-8(5-13)9(10)6-14/h2-7,12H,1H3,(H,15,16)/t7-/m0/s1. The minimum atomic E-state index is -1.03. The van der Waals surface area contributed by atoms with Crippen LogP contribution in [0.5, 0.6) is 0 Å². The van der Waals surface area contributed by atoms with E-state index in [0.717, 1.165) is 0 Å². The number of anilines is 1. The van der Waals surface area contributed by atoms with Gasteiger partial charge in [0.05, 0.1) is 0 Å². The minimum absolute atomic E-state index is 0.172. The molecule has 0 bridgehead atoms. The maximum atomic E-state index is 10.8. The van der Waals surface area contributed by atoms with Gasteiger partial charge >= 0.3 is 5.97 Å². The fourth-order valence-corrected chi connectivity index (χ4v) is 1.24. The van der Waals surface area contributed by atoms with Gasteiger partial charge in [0, 0.05) is 16.8 Å². The molecular formula is C11H11NO4. The van der Waals surface area contributed by atoms with E-state index in [1.54, 1.807) is 12.1 Å². The summed E-state index contributed by atoms with van der Waals surface area (Å²) in [5, 5.41) is 11.4. The van der Waals surface area contributed by atoms with Crippen LogP contribution in [-0.4, -0.2) is 29.7 Å². The largest absolute Gasteiger partial charge is 0.480 e. The number of rotatable bonds is 5. The number of carbonyl (C=O) groups is 3. The van der Waals surface area contributed by atoms with Crippen molar-refractivity contribution in [1.82, 2.24) is 0 Å². The lowest BCUT2D eigenvalue weighted by atomic mass is 10.1. The first-order chi connectivity index (χ1) is 7.60. The van der Waals surface area contributed by atoms with Crippen molar-refractivity contribution < 1.29 is 19.5 Å². The predicted octanol–water partition coefficient (Wildman–Crippen LogP) is 1.20. The molecule has 16 heavy (non-hydrogen) atoms. The van der Waals surface area contributed by atoms with Crippen LogP contribution in [0.15, 0.2) is 18.2 Å². The summed E-state index contributed by atoms with van der Waals surface area (Å²) in [6.45, 7) is 1.45. The van der Waals surface area contributed by atoms with Crippen LogP contribution in [0.4, 0.5) is 5.69 Å². The summed E-state index contributed by atoms with van der Waals surface area (Å²) in [5.41, 5.74) is 0.748. The Morgan fingerprint density at radius 3 is 2.56 bits per heavy atom. The minimum Gasteiger partial charge on any atom is -0.480 e. The second kappa shape index (κ2) is 5.06. The summed E-state index contributed by atoms with van der Waals surface area (Å²) in [5.74, 6) is -1.03. The maximum absolute atomic E-state index is 10.8. The first-order valence-electron chi connectivity index (χ1n) is 4.63. The highest BCUT2D eigenvalue weighted by molar-refractivity contribution is 5.96. The Hall–Kier alpha value is -2.17. The van der Waals surface area contributed by atoms with Gasteiger partial charge in [-0.15, -0.1) is 0 Å².